The van der Waals surface area contributed by atoms with Gasteiger partial charge in [0.2, 0.25) is 5.91 Å². The molecule has 1 N–H and O–H groups in total. The molecule has 110 valence electrons. The highest BCUT2D eigenvalue weighted by molar-refractivity contribution is 7.91. The van der Waals surface area contributed by atoms with Crippen LogP contribution in [0.1, 0.15) is 18.9 Å². The van der Waals surface area contributed by atoms with E-state index in [-0.39, 0.29) is 17.4 Å². The van der Waals surface area contributed by atoms with Gasteiger partial charge in [0.15, 0.2) is 9.84 Å². The first kappa shape index (κ1) is 14.8. The van der Waals surface area contributed by atoms with Crippen LogP contribution >= 0.6 is 0 Å². The van der Waals surface area contributed by atoms with Crippen LogP contribution in [-0.2, 0) is 21.2 Å². The van der Waals surface area contributed by atoms with Gasteiger partial charge in [0.1, 0.15) is 5.75 Å². The van der Waals surface area contributed by atoms with E-state index in [1.54, 1.807) is 0 Å². The summed E-state index contributed by atoms with van der Waals surface area (Å²) in [7, 11) is -3.03. The first-order valence-corrected chi connectivity index (χ1v) is 8.53. The Morgan fingerprint density at radius 2 is 2.15 bits per heavy atom. The Labute approximate surface area is 119 Å². The average Bonchev–Trinajstić information content (AvgIpc) is 2.78. The molecule has 1 amide bonds. The van der Waals surface area contributed by atoms with Gasteiger partial charge in [0.05, 0.1) is 24.0 Å². The van der Waals surface area contributed by atoms with Gasteiger partial charge in [-0.1, -0.05) is 18.2 Å². The van der Waals surface area contributed by atoms with Crippen molar-refractivity contribution in [2.45, 2.75) is 19.9 Å². The van der Waals surface area contributed by atoms with E-state index in [1.165, 1.54) is 0 Å². The molecule has 1 unspecified atom stereocenters. The second-order valence-corrected chi connectivity index (χ2v) is 7.09. The molecule has 0 aromatic heterocycles. The van der Waals surface area contributed by atoms with E-state index >= 15 is 0 Å². The molecule has 6 heteroatoms. The fraction of sp³-hybridized carbons (Fsp3) is 0.500. The Balaban J connectivity index is 1.94. The summed E-state index contributed by atoms with van der Waals surface area (Å²) in [5, 5.41) is 2.79. The molecule has 0 radical (unpaired) electrons. The summed E-state index contributed by atoms with van der Waals surface area (Å²) in [6.45, 7) is 2.82. The van der Waals surface area contributed by atoms with Crippen molar-refractivity contribution in [2.24, 2.45) is 5.92 Å². The van der Waals surface area contributed by atoms with Crippen LogP contribution in [0.2, 0.25) is 0 Å². The zero-order chi connectivity index (χ0) is 14.6. The summed E-state index contributed by atoms with van der Waals surface area (Å²) >= 11 is 0. The van der Waals surface area contributed by atoms with Crippen LogP contribution in [0, 0.1) is 5.92 Å². The Hall–Kier alpha value is -1.56. The van der Waals surface area contributed by atoms with Crippen LogP contribution in [0.4, 0.5) is 0 Å². The monoisotopic (exact) mass is 297 g/mol. The van der Waals surface area contributed by atoms with Crippen molar-refractivity contribution in [3.8, 4) is 5.75 Å². The Bertz CT molecular complexity index is 583. The van der Waals surface area contributed by atoms with Crippen LogP contribution in [0.3, 0.4) is 0 Å². The van der Waals surface area contributed by atoms with Crippen LogP contribution in [-0.4, -0.2) is 32.4 Å². The normalized spacial score (nSPS) is 20.6. The molecule has 1 heterocycles. The second-order valence-electron chi connectivity index (χ2n) is 4.86. The fourth-order valence-electron chi connectivity index (χ4n) is 2.27. The Kier molecular flexibility index (Phi) is 4.65. The molecule has 0 saturated carbocycles. The summed E-state index contributed by atoms with van der Waals surface area (Å²) in [4.78, 5) is 12.0. The average molecular weight is 297 g/mol. The number of amides is 1. The molecule has 0 spiro atoms. The van der Waals surface area contributed by atoms with Gasteiger partial charge in [-0.2, -0.15) is 0 Å². The third kappa shape index (κ3) is 3.72. The molecule has 1 saturated heterocycles. The summed E-state index contributed by atoms with van der Waals surface area (Å²) in [6.07, 6.45) is 0.418. The summed E-state index contributed by atoms with van der Waals surface area (Å²) in [5.41, 5.74) is 0.892. The number of hydrogen-bond donors (Lipinski definition) is 1. The van der Waals surface area contributed by atoms with Gasteiger partial charge in [-0.15, -0.1) is 0 Å². The van der Waals surface area contributed by atoms with Gasteiger partial charge < -0.3 is 10.1 Å². The van der Waals surface area contributed by atoms with E-state index in [4.69, 9.17) is 4.74 Å². The summed E-state index contributed by atoms with van der Waals surface area (Å²) < 4.78 is 28.2. The van der Waals surface area contributed by atoms with Crippen LogP contribution in [0.15, 0.2) is 24.3 Å². The largest absolute Gasteiger partial charge is 0.494 e. The molecule has 2 rings (SSSR count). The lowest BCUT2D eigenvalue weighted by Crippen LogP contribution is -2.31. The maximum Gasteiger partial charge on any atom is 0.224 e. The molecule has 0 aliphatic carbocycles. The van der Waals surface area contributed by atoms with Gasteiger partial charge in [-0.25, -0.2) is 8.42 Å². The van der Waals surface area contributed by atoms with Crippen molar-refractivity contribution in [3.05, 3.63) is 29.8 Å². The zero-order valence-corrected chi connectivity index (χ0v) is 12.3. The van der Waals surface area contributed by atoms with Crippen molar-refractivity contribution < 1.29 is 17.9 Å². The molecule has 1 aliphatic rings. The minimum absolute atomic E-state index is 0.0358. The highest BCUT2D eigenvalue weighted by atomic mass is 32.2. The lowest BCUT2D eigenvalue weighted by molar-refractivity contribution is -0.124. The highest BCUT2D eigenvalue weighted by Gasteiger charge is 2.32. The lowest BCUT2D eigenvalue weighted by Gasteiger charge is -2.12. The van der Waals surface area contributed by atoms with Gasteiger partial charge >= 0.3 is 0 Å². The first-order valence-electron chi connectivity index (χ1n) is 6.70. The topological polar surface area (TPSA) is 72.5 Å². The SMILES string of the molecule is CCOc1ccccc1CNC(=O)C1CCS(=O)(=O)C1. The van der Waals surface area contributed by atoms with Crippen molar-refractivity contribution in [2.75, 3.05) is 18.1 Å². The van der Waals surface area contributed by atoms with Gasteiger partial charge in [-0.05, 0) is 19.4 Å². The Morgan fingerprint density at radius 3 is 2.80 bits per heavy atom. The van der Waals surface area contributed by atoms with E-state index in [1.807, 2.05) is 31.2 Å². The predicted molar refractivity (Wildman–Crippen MR) is 76.2 cm³/mol. The number of ether oxygens (including phenoxy) is 1. The maximum atomic E-state index is 12.0. The highest BCUT2D eigenvalue weighted by Crippen LogP contribution is 2.20. The maximum absolute atomic E-state index is 12.0. The van der Waals surface area contributed by atoms with E-state index in [9.17, 15) is 13.2 Å². The number of para-hydroxylation sites is 1. The number of nitrogens with one attached hydrogen (secondary N) is 1. The smallest absolute Gasteiger partial charge is 0.224 e. The number of sulfone groups is 1. The van der Waals surface area contributed by atoms with Crippen molar-refractivity contribution >= 4 is 15.7 Å². The van der Waals surface area contributed by atoms with E-state index in [2.05, 4.69) is 5.32 Å². The third-order valence-electron chi connectivity index (χ3n) is 3.33. The third-order valence-corrected chi connectivity index (χ3v) is 5.10. The number of rotatable bonds is 5. The van der Waals surface area contributed by atoms with Gasteiger partial charge in [0, 0.05) is 12.1 Å². The molecule has 1 aromatic carbocycles. The quantitative estimate of drug-likeness (QED) is 0.884. The molecular weight excluding hydrogens is 278 g/mol. The molecule has 20 heavy (non-hydrogen) atoms. The summed E-state index contributed by atoms with van der Waals surface area (Å²) in [6, 6.07) is 7.49. The van der Waals surface area contributed by atoms with Gasteiger partial charge in [0.25, 0.3) is 0 Å². The molecule has 1 fully saturated rings. The van der Waals surface area contributed by atoms with E-state index < -0.39 is 15.8 Å². The van der Waals surface area contributed by atoms with E-state index in [0.717, 1.165) is 11.3 Å². The number of carbonyl (C=O) groups is 1. The van der Waals surface area contributed by atoms with E-state index in [0.29, 0.717) is 19.6 Å². The lowest BCUT2D eigenvalue weighted by atomic mass is 10.1. The molecule has 5 nitrogen and oxygen atoms in total. The number of hydrogen-bond acceptors (Lipinski definition) is 4. The summed E-state index contributed by atoms with van der Waals surface area (Å²) in [5.74, 6) is 0.206. The van der Waals surface area contributed by atoms with Crippen molar-refractivity contribution in [3.63, 3.8) is 0 Å². The van der Waals surface area contributed by atoms with Crippen molar-refractivity contribution in [1.29, 1.82) is 0 Å². The van der Waals surface area contributed by atoms with Crippen LogP contribution in [0.5, 0.6) is 5.75 Å². The van der Waals surface area contributed by atoms with Crippen LogP contribution < -0.4 is 10.1 Å². The standard InChI is InChI=1S/C14H19NO4S/c1-2-19-13-6-4-3-5-11(13)9-15-14(16)12-7-8-20(17,18)10-12/h3-6,12H,2,7-10H2,1H3,(H,15,16). The number of benzene rings is 1. The van der Waals surface area contributed by atoms with Crippen molar-refractivity contribution in [1.82, 2.24) is 5.32 Å². The second kappa shape index (κ2) is 6.26. The van der Waals surface area contributed by atoms with Crippen LogP contribution in [0.25, 0.3) is 0 Å². The Morgan fingerprint density at radius 1 is 1.40 bits per heavy atom. The molecule has 1 atom stereocenters. The molecule has 1 aliphatic heterocycles. The van der Waals surface area contributed by atoms with Gasteiger partial charge in [-0.3, -0.25) is 4.79 Å². The molecule has 0 bridgehead atoms. The number of carbonyl (C=O) groups excluding carboxylic acids is 1. The predicted octanol–water partition coefficient (Wildman–Crippen LogP) is 1.14. The minimum atomic E-state index is -3.03. The first-order chi connectivity index (χ1) is 9.52. The minimum Gasteiger partial charge on any atom is -0.494 e. The zero-order valence-electron chi connectivity index (χ0n) is 11.5. The molecule has 1 aromatic rings. The molecular formula is C14H19NO4S. The fourth-order valence-corrected chi connectivity index (χ4v) is 4.02.